The molecule has 1 atom stereocenters. The summed E-state index contributed by atoms with van der Waals surface area (Å²) in [6.07, 6.45) is 1.23. The highest BCUT2D eigenvalue weighted by atomic mass is 35.5. The lowest BCUT2D eigenvalue weighted by Crippen LogP contribution is -2.51. The first-order valence-corrected chi connectivity index (χ1v) is 14.0. The highest BCUT2D eigenvalue weighted by Crippen LogP contribution is 2.25. The molecule has 3 rings (SSSR count). The Morgan fingerprint density at radius 2 is 1.69 bits per heavy atom. The lowest BCUT2D eigenvalue weighted by Gasteiger charge is -2.32. The first kappa shape index (κ1) is 28.1. The van der Waals surface area contributed by atoms with Crippen molar-refractivity contribution < 1.29 is 9.59 Å². The van der Waals surface area contributed by atoms with Gasteiger partial charge in [0.15, 0.2) is 0 Å². The van der Waals surface area contributed by atoms with E-state index in [9.17, 15) is 9.59 Å². The van der Waals surface area contributed by atoms with Crippen LogP contribution >= 0.6 is 35.0 Å². The smallest absolute Gasteiger partial charge is 0.243 e. The second kappa shape index (κ2) is 14.3. The SMILES string of the molecule is CCCNC(=O)[C@H](Cc1ccccc1)N(Cc1ccc(Cl)cc1Cl)C(=O)CSCc1ccccc1C. The zero-order chi connectivity index (χ0) is 25.9. The van der Waals surface area contributed by atoms with Gasteiger partial charge in [0.2, 0.25) is 11.8 Å². The zero-order valence-electron chi connectivity index (χ0n) is 20.7. The maximum atomic E-state index is 13.7. The Morgan fingerprint density at radius 1 is 0.972 bits per heavy atom. The number of nitrogens with zero attached hydrogens (tertiary/aromatic N) is 1. The van der Waals surface area contributed by atoms with Crippen LogP contribution in [0.2, 0.25) is 10.0 Å². The summed E-state index contributed by atoms with van der Waals surface area (Å²) < 4.78 is 0. The van der Waals surface area contributed by atoms with E-state index in [-0.39, 0.29) is 24.1 Å². The Morgan fingerprint density at radius 3 is 2.39 bits per heavy atom. The lowest BCUT2D eigenvalue weighted by atomic mass is 10.0. The predicted molar refractivity (Wildman–Crippen MR) is 152 cm³/mol. The molecule has 36 heavy (non-hydrogen) atoms. The van der Waals surface area contributed by atoms with Crippen LogP contribution in [0, 0.1) is 6.92 Å². The third-order valence-corrected chi connectivity index (χ3v) is 7.47. The summed E-state index contributed by atoms with van der Waals surface area (Å²) in [6, 6.07) is 22.5. The molecule has 0 radical (unpaired) electrons. The van der Waals surface area contributed by atoms with Crippen LogP contribution in [-0.2, 0) is 28.3 Å². The summed E-state index contributed by atoms with van der Waals surface area (Å²) in [5, 5.41) is 3.99. The molecule has 4 nitrogen and oxygen atoms in total. The van der Waals surface area contributed by atoms with Crippen LogP contribution in [-0.4, -0.2) is 35.1 Å². The minimum absolute atomic E-state index is 0.104. The van der Waals surface area contributed by atoms with Crippen molar-refractivity contribution in [1.82, 2.24) is 10.2 Å². The standard InChI is InChI=1S/C29H32Cl2N2O2S/c1-3-15-32-29(35)27(16-22-10-5-4-6-11-22)33(18-23-13-14-25(30)17-26(23)31)28(34)20-36-19-24-12-8-7-9-21(24)2/h4-14,17,27H,3,15-16,18-20H2,1-2H3,(H,32,35)/t27-/m0/s1. The summed E-state index contributed by atoms with van der Waals surface area (Å²) in [6.45, 7) is 4.85. The van der Waals surface area contributed by atoms with Gasteiger partial charge < -0.3 is 10.2 Å². The molecule has 0 bridgehead atoms. The number of aryl methyl sites for hydroxylation is 1. The number of nitrogens with one attached hydrogen (secondary N) is 1. The van der Waals surface area contributed by atoms with Gasteiger partial charge in [-0.2, -0.15) is 0 Å². The van der Waals surface area contributed by atoms with Crippen LogP contribution in [0.1, 0.15) is 35.6 Å². The van der Waals surface area contributed by atoms with E-state index in [1.165, 1.54) is 11.1 Å². The lowest BCUT2D eigenvalue weighted by molar-refractivity contribution is -0.139. The number of benzene rings is 3. The molecular weight excluding hydrogens is 511 g/mol. The third kappa shape index (κ3) is 8.29. The number of carbonyl (C=O) groups excluding carboxylic acids is 2. The molecule has 0 aliphatic rings. The molecule has 0 saturated carbocycles. The quantitative estimate of drug-likeness (QED) is 0.277. The van der Waals surface area contributed by atoms with Crippen LogP contribution < -0.4 is 5.32 Å². The van der Waals surface area contributed by atoms with Gasteiger partial charge in [0, 0.05) is 35.3 Å². The second-order valence-electron chi connectivity index (χ2n) is 8.67. The van der Waals surface area contributed by atoms with Crippen molar-refractivity contribution >= 4 is 46.8 Å². The van der Waals surface area contributed by atoms with Gasteiger partial charge in [0.05, 0.1) is 5.75 Å². The molecule has 0 heterocycles. The molecule has 0 aromatic heterocycles. The fraction of sp³-hybridized carbons (Fsp3) is 0.310. The number of amides is 2. The van der Waals surface area contributed by atoms with Crippen LogP contribution in [0.25, 0.3) is 0 Å². The van der Waals surface area contributed by atoms with E-state index in [2.05, 4.69) is 24.4 Å². The van der Waals surface area contributed by atoms with Gasteiger partial charge in [0.1, 0.15) is 6.04 Å². The van der Waals surface area contributed by atoms with Crippen LogP contribution in [0.15, 0.2) is 72.8 Å². The van der Waals surface area contributed by atoms with Crippen molar-refractivity contribution in [2.45, 2.75) is 45.0 Å². The average molecular weight is 544 g/mol. The third-order valence-electron chi connectivity index (χ3n) is 5.92. The van der Waals surface area contributed by atoms with Gasteiger partial charge in [-0.15, -0.1) is 11.8 Å². The molecule has 0 aliphatic carbocycles. The summed E-state index contributed by atoms with van der Waals surface area (Å²) in [7, 11) is 0. The van der Waals surface area contributed by atoms with Gasteiger partial charge >= 0.3 is 0 Å². The van der Waals surface area contributed by atoms with E-state index in [1.807, 2.05) is 55.5 Å². The number of halogens is 2. The zero-order valence-corrected chi connectivity index (χ0v) is 23.0. The topological polar surface area (TPSA) is 49.4 Å². The average Bonchev–Trinajstić information content (AvgIpc) is 2.87. The predicted octanol–water partition coefficient (Wildman–Crippen LogP) is 6.70. The maximum absolute atomic E-state index is 13.7. The van der Waals surface area contributed by atoms with Crippen molar-refractivity contribution in [3.63, 3.8) is 0 Å². The second-order valence-corrected chi connectivity index (χ2v) is 10.5. The summed E-state index contributed by atoms with van der Waals surface area (Å²) in [5.41, 5.74) is 4.13. The molecule has 0 spiro atoms. The van der Waals surface area contributed by atoms with Crippen LogP contribution in [0.3, 0.4) is 0 Å². The molecule has 0 unspecified atom stereocenters. The molecule has 7 heteroatoms. The normalized spacial score (nSPS) is 11.7. The van der Waals surface area contributed by atoms with E-state index in [1.54, 1.807) is 28.8 Å². The van der Waals surface area contributed by atoms with Crippen molar-refractivity contribution in [2.24, 2.45) is 0 Å². The van der Waals surface area contributed by atoms with Crippen LogP contribution in [0.5, 0.6) is 0 Å². The van der Waals surface area contributed by atoms with Gasteiger partial charge in [-0.3, -0.25) is 9.59 Å². The first-order valence-electron chi connectivity index (χ1n) is 12.1. The summed E-state index contributed by atoms with van der Waals surface area (Å²) in [4.78, 5) is 28.7. The van der Waals surface area contributed by atoms with Crippen LogP contribution in [0.4, 0.5) is 0 Å². The minimum Gasteiger partial charge on any atom is -0.354 e. The fourth-order valence-corrected chi connectivity index (χ4v) is 5.31. The summed E-state index contributed by atoms with van der Waals surface area (Å²) in [5.74, 6) is 0.709. The van der Waals surface area contributed by atoms with Gasteiger partial charge in [-0.1, -0.05) is 90.8 Å². The molecule has 1 N–H and O–H groups in total. The fourth-order valence-electron chi connectivity index (χ4n) is 3.86. The number of rotatable bonds is 12. The molecular formula is C29H32Cl2N2O2S. The monoisotopic (exact) mass is 542 g/mol. The van der Waals surface area contributed by atoms with Crippen molar-refractivity contribution in [1.29, 1.82) is 0 Å². The molecule has 3 aromatic rings. The highest BCUT2D eigenvalue weighted by Gasteiger charge is 2.30. The van der Waals surface area contributed by atoms with E-state index in [4.69, 9.17) is 23.2 Å². The van der Waals surface area contributed by atoms with Crippen molar-refractivity contribution in [3.05, 3.63) is 105 Å². The molecule has 0 saturated heterocycles. The number of carbonyl (C=O) groups is 2. The Balaban J connectivity index is 1.87. The van der Waals surface area contributed by atoms with Gasteiger partial charge in [0.25, 0.3) is 0 Å². The molecule has 0 aliphatic heterocycles. The number of thioether (sulfide) groups is 1. The maximum Gasteiger partial charge on any atom is 0.243 e. The minimum atomic E-state index is -0.669. The van der Waals surface area contributed by atoms with Crippen molar-refractivity contribution in [3.8, 4) is 0 Å². The Hall–Kier alpha value is -2.47. The molecule has 190 valence electrons. The highest BCUT2D eigenvalue weighted by molar-refractivity contribution is 7.99. The Bertz CT molecular complexity index is 1160. The number of hydrogen-bond acceptors (Lipinski definition) is 3. The van der Waals surface area contributed by atoms with Gasteiger partial charge in [-0.05, 0) is 47.7 Å². The van der Waals surface area contributed by atoms with E-state index in [0.717, 1.165) is 23.3 Å². The van der Waals surface area contributed by atoms with Crippen molar-refractivity contribution in [2.75, 3.05) is 12.3 Å². The molecule has 2 amide bonds. The molecule has 3 aromatic carbocycles. The van der Waals surface area contributed by atoms with E-state index >= 15 is 0 Å². The van der Waals surface area contributed by atoms with E-state index in [0.29, 0.717) is 23.0 Å². The Kier molecular flexibility index (Phi) is 11.2. The van der Waals surface area contributed by atoms with E-state index < -0.39 is 6.04 Å². The largest absolute Gasteiger partial charge is 0.354 e. The first-order chi connectivity index (χ1) is 17.4. The molecule has 0 fully saturated rings. The van der Waals surface area contributed by atoms with Gasteiger partial charge in [-0.25, -0.2) is 0 Å². The number of hydrogen-bond donors (Lipinski definition) is 1. The summed E-state index contributed by atoms with van der Waals surface area (Å²) >= 11 is 14.1. The Labute approximate surface area is 228 Å².